The number of hydrogen-bond acceptors (Lipinski definition) is 5. The van der Waals surface area contributed by atoms with E-state index in [1.807, 2.05) is 19.0 Å². The van der Waals surface area contributed by atoms with E-state index in [2.05, 4.69) is 0 Å². The van der Waals surface area contributed by atoms with Crippen LogP contribution in [0.2, 0.25) is 0 Å². The van der Waals surface area contributed by atoms with Crippen molar-refractivity contribution in [2.24, 2.45) is 10.8 Å². The average Bonchev–Trinajstić information content (AvgIpc) is 2.28. The molecule has 0 amide bonds. The topological polar surface area (TPSA) is 55.8 Å². The van der Waals surface area contributed by atoms with Crippen LogP contribution in [0.3, 0.4) is 0 Å². The third-order valence-electron chi connectivity index (χ3n) is 3.63. The molecule has 0 unspecified atom stereocenters. The second-order valence-corrected chi connectivity index (χ2v) is 5.91. The van der Waals surface area contributed by atoms with Crippen LogP contribution >= 0.6 is 0 Å². The molecule has 0 radical (unpaired) electrons. The molecule has 0 aromatic carbocycles. The standard InChI is InChI=1S/C14H27NO4/c1-8-18-11(16)13(2,3)14(4,5)12(17)19-10-9-15(6)7/h8-10H2,1-7H3. The highest BCUT2D eigenvalue weighted by atomic mass is 16.5. The van der Waals surface area contributed by atoms with Crippen LogP contribution in [0.5, 0.6) is 0 Å². The molecular weight excluding hydrogens is 246 g/mol. The Balaban J connectivity index is 4.74. The van der Waals surface area contributed by atoms with E-state index in [1.54, 1.807) is 34.6 Å². The van der Waals surface area contributed by atoms with Gasteiger partial charge in [0.15, 0.2) is 0 Å². The van der Waals surface area contributed by atoms with Crippen molar-refractivity contribution in [3.05, 3.63) is 0 Å². The first-order valence-corrected chi connectivity index (χ1v) is 6.56. The van der Waals surface area contributed by atoms with Gasteiger partial charge in [-0.3, -0.25) is 9.59 Å². The molecule has 0 aliphatic rings. The van der Waals surface area contributed by atoms with Gasteiger partial charge in [0, 0.05) is 6.54 Å². The molecule has 5 nitrogen and oxygen atoms in total. The first kappa shape index (κ1) is 17.9. The summed E-state index contributed by atoms with van der Waals surface area (Å²) in [6, 6.07) is 0. The maximum absolute atomic E-state index is 12.2. The Bertz CT molecular complexity index is 321. The van der Waals surface area contributed by atoms with E-state index in [0.717, 1.165) is 0 Å². The Morgan fingerprint density at radius 2 is 1.37 bits per heavy atom. The first-order valence-electron chi connectivity index (χ1n) is 6.56. The molecule has 0 bridgehead atoms. The second-order valence-electron chi connectivity index (χ2n) is 5.91. The molecule has 0 fully saturated rings. The Kier molecular flexibility index (Phi) is 6.49. The van der Waals surface area contributed by atoms with Crippen molar-refractivity contribution >= 4 is 11.9 Å². The maximum Gasteiger partial charge on any atom is 0.312 e. The lowest BCUT2D eigenvalue weighted by Gasteiger charge is -2.37. The summed E-state index contributed by atoms with van der Waals surface area (Å²) in [7, 11) is 3.81. The zero-order chi connectivity index (χ0) is 15.3. The number of carbonyl (C=O) groups is 2. The first-order chi connectivity index (χ1) is 8.57. The Labute approximate surface area is 116 Å². The van der Waals surface area contributed by atoms with Crippen molar-refractivity contribution in [3.8, 4) is 0 Å². The lowest BCUT2D eigenvalue weighted by atomic mass is 9.68. The van der Waals surface area contributed by atoms with Gasteiger partial charge in [-0.05, 0) is 48.7 Å². The summed E-state index contributed by atoms with van der Waals surface area (Å²) < 4.78 is 10.3. The number of hydrogen-bond donors (Lipinski definition) is 0. The van der Waals surface area contributed by atoms with Crippen molar-refractivity contribution < 1.29 is 19.1 Å². The number of nitrogens with zero attached hydrogens (tertiary/aromatic N) is 1. The minimum Gasteiger partial charge on any atom is -0.466 e. The number of ether oxygens (including phenoxy) is 2. The van der Waals surface area contributed by atoms with Gasteiger partial charge in [-0.1, -0.05) is 0 Å². The van der Waals surface area contributed by atoms with Crippen LogP contribution in [0.1, 0.15) is 34.6 Å². The van der Waals surface area contributed by atoms with Gasteiger partial charge in [0.1, 0.15) is 6.61 Å². The van der Waals surface area contributed by atoms with Crippen LogP contribution in [0.4, 0.5) is 0 Å². The molecule has 0 atom stereocenters. The maximum atomic E-state index is 12.2. The molecule has 0 N–H and O–H groups in total. The molecule has 0 rings (SSSR count). The average molecular weight is 273 g/mol. The predicted octanol–water partition coefficient (Wildman–Crippen LogP) is 1.71. The van der Waals surface area contributed by atoms with Crippen LogP contribution < -0.4 is 0 Å². The van der Waals surface area contributed by atoms with Gasteiger partial charge in [0.2, 0.25) is 0 Å². The summed E-state index contributed by atoms with van der Waals surface area (Å²) in [5.74, 6) is -0.767. The van der Waals surface area contributed by atoms with Gasteiger partial charge in [-0.2, -0.15) is 0 Å². The van der Waals surface area contributed by atoms with E-state index >= 15 is 0 Å². The summed E-state index contributed by atoms with van der Waals surface area (Å²) in [6.45, 7) is 9.85. The van der Waals surface area contributed by atoms with Crippen molar-refractivity contribution in [2.75, 3.05) is 33.9 Å². The van der Waals surface area contributed by atoms with E-state index < -0.39 is 10.8 Å². The van der Waals surface area contributed by atoms with Gasteiger partial charge in [-0.15, -0.1) is 0 Å². The molecule has 5 heteroatoms. The van der Waals surface area contributed by atoms with Crippen LogP contribution in [0.25, 0.3) is 0 Å². The number of rotatable bonds is 7. The van der Waals surface area contributed by atoms with Crippen molar-refractivity contribution in [2.45, 2.75) is 34.6 Å². The summed E-state index contributed by atoms with van der Waals surface area (Å²) >= 11 is 0. The number of likely N-dealkylation sites (N-methyl/N-ethyl adjacent to an activating group) is 1. The van der Waals surface area contributed by atoms with Gasteiger partial charge >= 0.3 is 11.9 Å². The Morgan fingerprint density at radius 3 is 1.74 bits per heavy atom. The lowest BCUT2D eigenvalue weighted by Crippen LogP contribution is -2.47. The van der Waals surface area contributed by atoms with Gasteiger partial charge in [0.25, 0.3) is 0 Å². The highest BCUT2D eigenvalue weighted by Gasteiger charge is 2.50. The molecule has 0 saturated carbocycles. The monoisotopic (exact) mass is 273 g/mol. The SMILES string of the molecule is CCOC(=O)C(C)(C)C(C)(C)C(=O)OCCN(C)C. The predicted molar refractivity (Wildman–Crippen MR) is 73.7 cm³/mol. The van der Waals surface area contributed by atoms with Crippen molar-refractivity contribution in [1.82, 2.24) is 4.90 Å². The van der Waals surface area contributed by atoms with Crippen LogP contribution in [-0.2, 0) is 19.1 Å². The molecular formula is C14H27NO4. The third-order valence-corrected chi connectivity index (χ3v) is 3.63. The van der Waals surface area contributed by atoms with E-state index in [1.165, 1.54) is 0 Å². The molecule has 0 aromatic rings. The van der Waals surface area contributed by atoms with Gasteiger partial charge in [0.05, 0.1) is 17.4 Å². The third kappa shape index (κ3) is 4.49. The summed E-state index contributed by atoms with van der Waals surface area (Å²) in [5.41, 5.74) is -1.87. The largest absolute Gasteiger partial charge is 0.466 e. The minimum atomic E-state index is -0.939. The quantitative estimate of drug-likeness (QED) is 0.661. The zero-order valence-electron chi connectivity index (χ0n) is 13.2. The Hall–Kier alpha value is -1.10. The molecule has 0 aromatic heterocycles. The number of carbonyl (C=O) groups excluding carboxylic acids is 2. The van der Waals surface area contributed by atoms with Crippen LogP contribution in [-0.4, -0.2) is 50.7 Å². The smallest absolute Gasteiger partial charge is 0.312 e. The van der Waals surface area contributed by atoms with E-state index in [4.69, 9.17) is 9.47 Å². The second kappa shape index (κ2) is 6.89. The molecule has 112 valence electrons. The highest BCUT2D eigenvalue weighted by molar-refractivity contribution is 5.87. The summed E-state index contributed by atoms with van der Waals surface area (Å²) in [6.07, 6.45) is 0. The van der Waals surface area contributed by atoms with Gasteiger partial charge < -0.3 is 14.4 Å². The molecule has 0 aliphatic carbocycles. The van der Waals surface area contributed by atoms with Crippen molar-refractivity contribution in [1.29, 1.82) is 0 Å². The highest BCUT2D eigenvalue weighted by Crippen LogP contribution is 2.40. The van der Waals surface area contributed by atoms with E-state index in [0.29, 0.717) is 19.8 Å². The molecule has 0 spiro atoms. The van der Waals surface area contributed by atoms with Gasteiger partial charge in [-0.25, -0.2) is 0 Å². The fourth-order valence-corrected chi connectivity index (χ4v) is 1.32. The lowest BCUT2D eigenvalue weighted by molar-refractivity contribution is -0.175. The van der Waals surface area contributed by atoms with Crippen LogP contribution in [0.15, 0.2) is 0 Å². The minimum absolute atomic E-state index is 0.300. The Morgan fingerprint density at radius 1 is 0.947 bits per heavy atom. The molecule has 0 aliphatic heterocycles. The normalized spacial score (nSPS) is 12.4. The fourth-order valence-electron chi connectivity index (χ4n) is 1.32. The molecule has 19 heavy (non-hydrogen) atoms. The summed E-state index contributed by atoms with van der Waals surface area (Å²) in [4.78, 5) is 26.0. The molecule has 0 heterocycles. The number of esters is 2. The van der Waals surface area contributed by atoms with E-state index in [-0.39, 0.29) is 11.9 Å². The fraction of sp³-hybridized carbons (Fsp3) is 0.857. The molecule has 0 saturated heterocycles. The summed E-state index contributed by atoms with van der Waals surface area (Å²) in [5, 5.41) is 0. The van der Waals surface area contributed by atoms with Crippen molar-refractivity contribution in [3.63, 3.8) is 0 Å². The van der Waals surface area contributed by atoms with Crippen LogP contribution in [0, 0.1) is 10.8 Å². The van der Waals surface area contributed by atoms with E-state index in [9.17, 15) is 9.59 Å². The zero-order valence-corrected chi connectivity index (χ0v) is 13.2.